The summed E-state index contributed by atoms with van der Waals surface area (Å²) < 4.78 is 0. The number of hydrogen-bond acceptors (Lipinski definition) is 3. The summed E-state index contributed by atoms with van der Waals surface area (Å²) in [4.78, 5) is 16.3. The van der Waals surface area contributed by atoms with Gasteiger partial charge in [-0.15, -0.1) is 0 Å². The number of amides is 2. The first-order chi connectivity index (χ1) is 10.0. The van der Waals surface area contributed by atoms with Crippen molar-refractivity contribution in [2.75, 3.05) is 33.2 Å². The zero-order valence-corrected chi connectivity index (χ0v) is 13.6. The van der Waals surface area contributed by atoms with E-state index in [2.05, 4.69) is 10.2 Å². The zero-order chi connectivity index (χ0) is 15.2. The number of aliphatic hydroxyl groups excluding tert-OH is 1. The summed E-state index contributed by atoms with van der Waals surface area (Å²) in [5.74, 6) is 0.883. The van der Waals surface area contributed by atoms with Crippen LogP contribution >= 0.6 is 0 Å². The average molecular weight is 297 g/mol. The van der Waals surface area contributed by atoms with Gasteiger partial charge in [-0.25, -0.2) is 4.79 Å². The number of urea groups is 1. The van der Waals surface area contributed by atoms with Gasteiger partial charge in [-0.05, 0) is 38.5 Å². The van der Waals surface area contributed by atoms with Gasteiger partial charge in [-0.1, -0.05) is 12.8 Å². The average Bonchev–Trinajstić information content (AvgIpc) is 3.08. The van der Waals surface area contributed by atoms with Crippen molar-refractivity contribution >= 4 is 6.03 Å². The summed E-state index contributed by atoms with van der Waals surface area (Å²) >= 11 is 0. The third-order valence-electron chi connectivity index (χ3n) is 4.82. The molecule has 0 radical (unpaired) electrons. The Morgan fingerprint density at radius 3 is 2.76 bits per heavy atom. The second-order valence-corrected chi connectivity index (χ2v) is 6.90. The molecular formula is C16H31N3O2. The molecule has 0 bridgehead atoms. The van der Waals surface area contributed by atoms with Gasteiger partial charge >= 0.3 is 6.03 Å². The smallest absolute Gasteiger partial charge is 0.317 e. The summed E-state index contributed by atoms with van der Waals surface area (Å²) in [7, 11) is 1.79. The fourth-order valence-corrected chi connectivity index (χ4v) is 3.44. The first-order valence-corrected chi connectivity index (χ1v) is 8.46. The molecule has 0 aromatic carbocycles. The summed E-state index contributed by atoms with van der Waals surface area (Å²) in [5, 5.41) is 12.4. The van der Waals surface area contributed by atoms with Crippen molar-refractivity contribution in [3.05, 3.63) is 0 Å². The van der Waals surface area contributed by atoms with Crippen LogP contribution in [0.3, 0.4) is 0 Å². The predicted molar refractivity (Wildman–Crippen MR) is 84.3 cm³/mol. The molecule has 5 nitrogen and oxygen atoms in total. The van der Waals surface area contributed by atoms with Gasteiger partial charge in [0.15, 0.2) is 0 Å². The Morgan fingerprint density at radius 2 is 2.10 bits per heavy atom. The lowest BCUT2D eigenvalue weighted by Crippen LogP contribution is -2.45. The topological polar surface area (TPSA) is 55.8 Å². The minimum atomic E-state index is -0.353. The first-order valence-electron chi connectivity index (χ1n) is 8.46. The van der Waals surface area contributed by atoms with E-state index in [1.807, 2.05) is 0 Å². The van der Waals surface area contributed by atoms with E-state index in [1.54, 1.807) is 18.9 Å². The monoisotopic (exact) mass is 297 g/mol. The van der Waals surface area contributed by atoms with Crippen molar-refractivity contribution in [1.82, 2.24) is 15.1 Å². The maximum absolute atomic E-state index is 12.1. The Labute approximate surface area is 128 Å². The van der Waals surface area contributed by atoms with Gasteiger partial charge in [0, 0.05) is 39.3 Å². The number of carbonyl (C=O) groups is 1. The lowest BCUT2D eigenvalue weighted by atomic mass is 10.1. The quantitative estimate of drug-likeness (QED) is 0.784. The predicted octanol–water partition coefficient (Wildman–Crippen LogP) is 1.66. The lowest BCUT2D eigenvalue weighted by Gasteiger charge is -2.23. The molecule has 2 atom stereocenters. The highest BCUT2D eigenvalue weighted by Crippen LogP contribution is 2.26. The molecule has 2 N–H and O–H groups in total. The molecule has 0 spiro atoms. The van der Waals surface area contributed by atoms with E-state index in [0.717, 1.165) is 25.4 Å². The largest absolute Gasteiger partial charge is 0.393 e. The number of rotatable bonds is 6. The van der Waals surface area contributed by atoms with E-state index in [-0.39, 0.29) is 18.2 Å². The minimum Gasteiger partial charge on any atom is -0.393 e. The highest BCUT2D eigenvalue weighted by molar-refractivity contribution is 5.74. The van der Waals surface area contributed by atoms with Crippen LogP contribution in [-0.2, 0) is 0 Å². The molecule has 2 unspecified atom stereocenters. The maximum atomic E-state index is 12.1. The summed E-state index contributed by atoms with van der Waals surface area (Å²) in [6.45, 7) is 5.67. The Balaban J connectivity index is 1.65. The fourth-order valence-electron chi connectivity index (χ4n) is 3.44. The van der Waals surface area contributed by atoms with Crippen LogP contribution in [0.25, 0.3) is 0 Å². The number of aliphatic hydroxyl groups is 1. The fraction of sp³-hybridized carbons (Fsp3) is 0.938. The van der Waals surface area contributed by atoms with E-state index in [1.165, 1.54) is 32.2 Å². The van der Waals surface area contributed by atoms with Crippen LogP contribution in [0.4, 0.5) is 4.79 Å². The molecule has 1 aliphatic carbocycles. The van der Waals surface area contributed by atoms with Gasteiger partial charge in [0.05, 0.1) is 6.10 Å². The highest BCUT2D eigenvalue weighted by atomic mass is 16.3. The number of likely N-dealkylation sites (tertiary alicyclic amines) is 1. The Kier molecular flexibility index (Phi) is 6.30. The second-order valence-electron chi connectivity index (χ2n) is 6.90. The number of nitrogens with zero attached hydrogens (tertiary/aromatic N) is 2. The van der Waals surface area contributed by atoms with Crippen LogP contribution in [0.5, 0.6) is 0 Å². The molecule has 0 aromatic heterocycles. The normalized spacial score (nSPS) is 25.2. The van der Waals surface area contributed by atoms with Crippen molar-refractivity contribution < 1.29 is 9.90 Å². The molecule has 0 aromatic rings. The number of carbonyl (C=O) groups excluding carboxylic acids is 1. The van der Waals surface area contributed by atoms with Gasteiger partial charge in [0.1, 0.15) is 0 Å². The van der Waals surface area contributed by atoms with E-state index >= 15 is 0 Å². The zero-order valence-electron chi connectivity index (χ0n) is 13.6. The molecule has 122 valence electrons. The Morgan fingerprint density at radius 1 is 1.38 bits per heavy atom. The first kappa shape index (κ1) is 16.6. The summed E-state index contributed by atoms with van der Waals surface area (Å²) in [6, 6.07) is 0.274. The molecule has 1 saturated carbocycles. The summed E-state index contributed by atoms with van der Waals surface area (Å²) in [5.41, 5.74) is 0. The molecule has 2 aliphatic rings. The molecule has 1 aliphatic heterocycles. The van der Waals surface area contributed by atoms with Crippen LogP contribution in [0.1, 0.15) is 45.4 Å². The Bertz CT molecular complexity index is 329. The van der Waals surface area contributed by atoms with E-state index in [0.29, 0.717) is 13.0 Å². The third-order valence-corrected chi connectivity index (χ3v) is 4.82. The molecule has 2 rings (SSSR count). The van der Waals surface area contributed by atoms with Crippen LogP contribution in [-0.4, -0.2) is 66.3 Å². The molecular weight excluding hydrogens is 266 g/mol. The molecule has 2 fully saturated rings. The number of nitrogens with one attached hydrogen (secondary N) is 1. The van der Waals surface area contributed by atoms with Crippen molar-refractivity contribution in [1.29, 1.82) is 0 Å². The number of hydrogen-bond donors (Lipinski definition) is 2. The van der Waals surface area contributed by atoms with Crippen molar-refractivity contribution in [3.63, 3.8) is 0 Å². The van der Waals surface area contributed by atoms with Crippen LogP contribution in [0, 0.1) is 5.92 Å². The minimum absolute atomic E-state index is 0.0108. The standard InChI is InChI=1S/C16H31N3O2/c1-13(20)7-9-18(2)16(21)17-15-8-10-19(12-15)11-14-5-3-4-6-14/h13-15,20H,3-12H2,1-2H3,(H,17,21). The van der Waals surface area contributed by atoms with Crippen LogP contribution in [0.2, 0.25) is 0 Å². The SMILES string of the molecule is CC(O)CCN(C)C(=O)NC1CCN(CC2CCCC2)C1. The van der Waals surface area contributed by atoms with Crippen molar-refractivity contribution in [2.24, 2.45) is 5.92 Å². The highest BCUT2D eigenvalue weighted by Gasteiger charge is 2.27. The van der Waals surface area contributed by atoms with Crippen molar-refractivity contribution in [3.8, 4) is 0 Å². The second kappa shape index (κ2) is 7.99. The van der Waals surface area contributed by atoms with Gasteiger partial charge < -0.3 is 20.2 Å². The lowest BCUT2D eigenvalue weighted by molar-refractivity contribution is 0.162. The summed E-state index contributed by atoms with van der Waals surface area (Å²) in [6.07, 6.45) is 6.89. The Hall–Kier alpha value is -0.810. The van der Waals surface area contributed by atoms with Gasteiger partial charge in [-0.2, -0.15) is 0 Å². The van der Waals surface area contributed by atoms with E-state index in [4.69, 9.17) is 0 Å². The van der Waals surface area contributed by atoms with Crippen LogP contribution in [0.15, 0.2) is 0 Å². The molecule has 5 heteroatoms. The molecule has 21 heavy (non-hydrogen) atoms. The van der Waals surface area contributed by atoms with E-state index < -0.39 is 0 Å². The van der Waals surface area contributed by atoms with Crippen LogP contribution < -0.4 is 5.32 Å². The molecule has 1 saturated heterocycles. The third kappa shape index (κ3) is 5.47. The molecule has 2 amide bonds. The van der Waals surface area contributed by atoms with Gasteiger partial charge in [-0.3, -0.25) is 0 Å². The van der Waals surface area contributed by atoms with Crippen molar-refractivity contribution in [2.45, 2.75) is 57.6 Å². The van der Waals surface area contributed by atoms with E-state index in [9.17, 15) is 9.90 Å². The maximum Gasteiger partial charge on any atom is 0.317 e. The van der Waals surface area contributed by atoms with Gasteiger partial charge in [0.25, 0.3) is 0 Å². The molecule has 1 heterocycles. The van der Waals surface area contributed by atoms with Gasteiger partial charge in [0.2, 0.25) is 0 Å².